The summed E-state index contributed by atoms with van der Waals surface area (Å²) in [5.41, 5.74) is -0.311. The molecule has 0 saturated carbocycles. The van der Waals surface area contributed by atoms with Gasteiger partial charge in [-0.3, -0.25) is 14.4 Å². The highest BCUT2D eigenvalue weighted by Gasteiger charge is 2.71. The Kier molecular flexibility index (Phi) is 5.80. The van der Waals surface area contributed by atoms with Crippen molar-refractivity contribution in [2.75, 3.05) is 26.3 Å². The van der Waals surface area contributed by atoms with Gasteiger partial charge in [-0.2, -0.15) is 0 Å². The van der Waals surface area contributed by atoms with E-state index in [1.165, 1.54) is 4.90 Å². The van der Waals surface area contributed by atoms with Crippen molar-refractivity contribution in [2.45, 2.75) is 37.1 Å². The van der Waals surface area contributed by atoms with Crippen LogP contribution in [0.3, 0.4) is 0 Å². The van der Waals surface area contributed by atoms with Crippen molar-refractivity contribution in [1.82, 2.24) is 9.80 Å². The Hall–Kier alpha value is -2.97. The van der Waals surface area contributed by atoms with Gasteiger partial charge in [-0.25, -0.2) is 0 Å². The predicted octanol–water partition coefficient (Wildman–Crippen LogP) is 1.05. The molecule has 1 spiro atoms. The van der Waals surface area contributed by atoms with Crippen LogP contribution in [0.4, 0.5) is 0 Å². The summed E-state index contributed by atoms with van der Waals surface area (Å²) >= 11 is 0. The van der Waals surface area contributed by atoms with Crippen LogP contribution in [-0.2, 0) is 30.4 Å². The molecule has 2 saturated heterocycles. The van der Waals surface area contributed by atoms with Gasteiger partial charge in [-0.05, 0) is 18.4 Å². The molecule has 4 aliphatic heterocycles. The highest BCUT2D eigenvalue weighted by molar-refractivity contribution is 5.99. The lowest BCUT2D eigenvalue weighted by atomic mass is 9.78. The number of rotatable bonds is 4. The minimum absolute atomic E-state index is 0.00780. The summed E-state index contributed by atoms with van der Waals surface area (Å²) in [6.45, 7) is 0.727. The van der Waals surface area contributed by atoms with Crippen molar-refractivity contribution in [3.63, 3.8) is 0 Å². The van der Waals surface area contributed by atoms with Crippen molar-refractivity contribution in [1.29, 1.82) is 0 Å². The van der Waals surface area contributed by atoms with Gasteiger partial charge in [0.15, 0.2) is 0 Å². The van der Waals surface area contributed by atoms with Crippen LogP contribution in [0.25, 0.3) is 0 Å². The van der Waals surface area contributed by atoms with Crippen LogP contribution in [0.15, 0.2) is 54.6 Å². The van der Waals surface area contributed by atoms with E-state index in [2.05, 4.69) is 0 Å². The number of esters is 1. The van der Waals surface area contributed by atoms with Crippen LogP contribution in [0.1, 0.15) is 18.4 Å². The smallest absolute Gasteiger partial charge is 0.312 e. The number of nitrogens with zero attached hydrogens (tertiary/aromatic N) is 2. The van der Waals surface area contributed by atoms with Gasteiger partial charge >= 0.3 is 5.97 Å². The van der Waals surface area contributed by atoms with E-state index in [-0.39, 0.29) is 31.6 Å². The molecule has 2 unspecified atom stereocenters. The van der Waals surface area contributed by atoms with E-state index in [0.717, 1.165) is 12.0 Å². The number of allylic oxidation sites excluding steroid dienone is 1. The summed E-state index contributed by atoms with van der Waals surface area (Å²) < 4.78 is 11.9. The van der Waals surface area contributed by atoms with E-state index in [1.807, 2.05) is 48.6 Å². The number of ether oxygens (including phenoxy) is 2. The lowest BCUT2D eigenvalue weighted by molar-refractivity contribution is -0.155. The Balaban J connectivity index is 1.55. The van der Waals surface area contributed by atoms with Gasteiger partial charge in [-0.1, -0.05) is 54.6 Å². The fraction of sp³-hybridized carbons (Fsp3) is 0.480. The Morgan fingerprint density at radius 3 is 2.70 bits per heavy atom. The molecule has 4 heterocycles. The molecule has 2 fully saturated rings. The quantitative estimate of drug-likeness (QED) is 0.542. The molecule has 33 heavy (non-hydrogen) atoms. The summed E-state index contributed by atoms with van der Waals surface area (Å²) in [4.78, 5) is 43.6. The normalized spacial score (nSPS) is 34.5. The number of carbonyl (C=O) groups excluding carboxylic acids is 3. The van der Waals surface area contributed by atoms with Gasteiger partial charge < -0.3 is 24.4 Å². The minimum atomic E-state index is -1.29. The van der Waals surface area contributed by atoms with Crippen molar-refractivity contribution >= 4 is 17.8 Å². The lowest BCUT2D eigenvalue weighted by Crippen LogP contribution is -2.55. The molecule has 1 N–H and O–H groups in total. The molecule has 0 aliphatic carbocycles. The van der Waals surface area contributed by atoms with E-state index in [1.54, 1.807) is 11.0 Å². The maximum absolute atomic E-state index is 13.9. The van der Waals surface area contributed by atoms with Crippen LogP contribution in [0.2, 0.25) is 0 Å². The molecule has 5 atom stereocenters. The Bertz CT molecular complexity index is 992. The van der Waals surface area contributed by atoms with Gasteiger partial charge in [-0.15, -0.1) is 0 Å². The molecule has 8 nitrogen and oxygen atoms in total. The third-order valence-corrected chi connectivity index (χ3v) is 6.99. The topological polar surface area (TPSA) is 96.4 Å². The molecular weight excluding hydrogens is 424 g/mol. The first-order valence-electron chi connectivity index (χ1n) is 11.5. The Morgan fingerprint density at radius 2 is 1.91 bits per heavy atom. The molecule has 1 aromatic carbocycles. The molecule has 0 bridgehead atoms. The summed E-state index contributed by atoms with van der Waals surface area (Å²) in [5.74, 6) is -2.80. The standard InChI is InChI=1S/C25H28N2O6/c28-14-13-27-21-23(30)26(16-17-8-3-1-4-9-17)12-7-11-25(21)20(22(27)29)19-18(33-25)10-5-2-6-15-32-24(19)31/h1,3-5,7-11,18-21,28H,2,6,12-16H2/b10-5-/t18-,19?,20+,21-,25?/m1/s1. The highest BCUT2D eigenvalue weighted by atomic mass is 16.6. The average molecular weight is 453 g/mol. The molecular formula is C25H28N2O6. The third-order valence-electron chi connectivity index (χ3n) is 6.99. The number of fused-ring (bicyclic) bond motifs is 2. The molecule has 174 valence electrons. The van der Waals surface area contributed by atoms with Gasteiger partial charge in [0.25, 0.3) is 0 Å². The maximum Gasteiger partial charge on any atom is 0.312 e. The third kappa shape index (κ3) is 3.57. The fourth-order valence-electron chi connectivity index (χ4n) is 5.59. The minimum Gasteiger partial charge on any atom is -0.465 e. The molecule has 2 amide bonds. The number of carbonyl (C=O) groups is 3. The highest BCUT2D eigenvalue weighted by Crippen LogP contribution is 2.53. The van der Waals surface area contributed by atoms with E-state index < -0.39 is 35.6 Å². The van der Waals surface area contributed by atoms with E-state index >= 15 is 0 Å². The first kappa shape index (κ1) is 21.9. The van der Waals surface area contributed by atoms with Gasteiger partial charge in [0, 0.05) is 19.6 Å². The van der Waals surface area contributed by atoms with Gasteiger partial charge in [0.05, 0.1) is 25.2 Å². The van der Waals surface area contributed by atoms with E-state index in [4.69, 9.17) is 9.47 Å². The second-order valence-corrected chi connectivity index (χ2v) is 8.94. The molecule has 0 radical (unpaired) electrons. The molecule has 5 rings (SSSR count). The number of cyclic esters (lactones) is 1. The summed E-state index contributed by atoms with van der Waals surface area (Å²) in [6.07, 6.45) is 8.22. The fourth-order valence-corrected chi connectivity index (χ4v) is 5.59. The maximum atomic E-state index is 13.9. The van der Waals surface area contributed by atoms with E-state index in [9.17, 15) is 19.5 Å². The SMILES string of the molecule is O=C1OCCC/C=C\[C@H]2OC34C=CCN(Cc5ccccc5)C(=O)[C@H]3N(CCO)C(=O)[C@@H]4C12. The number of aliphatic hydroxyl groups excluding tert-OH is 1. The van der Waals surface area contributed by atoms with E-state index in [0.29, 0.717) is 19.5 Å². The number of amides is 2. The number of hydrogen-bond donors (Lipinski definition) is 1. The predicted molar refractivity (Wildman–Crippen MR) is 118 cm³/mol. The van der Waals surface area contributed by atoms with Crippen LogP contribution in [-0.4, -0.2) is 76.7 Å². The number of β-amino-alcohol motifs (C(OH)–C–C–N with tert-alkyl or cyclic N) is 1. The van der Waals surface area contributed by atoms with Gasteiger partial charge in [0.2, 0.25) is 11.8 Å². The first-order valence-corrected chi connectivity index (χ1v) is 11.5. The van der Waals surface area contributed by atoms with Crippen LogP contribution < -0.4 is 0 Å². The van der Waals surface area contributed by atoms with Crippen molar-refractivity contribution < 1.29 is 29.0 Å². The zero-order chi connectivity index (χ0) is 23.0. The zero-order valence-electron chi connectivity index (χ0n) is 18.3. The summed E-state index contributed by atoms with van der Waals surface area (Å²) in [7, 11) is 0. The second-order valence-electron chi connectivity index (χ2n) is 8.94. The largest absolute Gasteiger partial charge is 0.465 e. The summed E-state index contributed by atoms with van der Waals surface area (Å²) in [6, 6.07) is 8.69. The lowest BCUT2D eigenvalue weighted by Gasteiger charge is -2.35. The Morgan fingerprint density at radius 1 is 1.09 bits per heavy atom. The number of aliphatic hydroxyl groups is 1. The summed E-state index contributed by atoms with van der Waals surface area (Å²) in [5, 5.41) is 9.68. The first-order chi connectivity index (χ1) is 16.1. The molecule has 1 aromatic rings. The van der Waals surface area contributed by atoms with Crippen LogP contribution in [0.5, 0.6) is 0 Å². The van der Waals surface area contributed by atoms with Crippen LogP contribution in [0, 0.1) is 11.8 Å². The number of benzene rings is 1. The van der Waals surface area contributed by atoms with Crippen molar-refractivity contribution in [2.24, 2.45) is 11.8 Å². The molecule has 0 aromatic heterocycles. The Labute approximate surface area is 192 Å². The average Bonchev–Trinajstić information content (AvgIpc) is 3.22. The monoisotopic (exact) mass is 452 g/mol. The van der Waals surface area contributed by atoms with Gasteiger partial charge in [0.1, 0.15) is 17.6 Å². The zero-order valence-corrected chi connectivity index (χ0v) is 18.3. The molecule has 4 aliphatic rings. The van der Waals surface area contributed by atoms with Crippen LogP contribution >= 0.6 is 0 Å². The second kappa shape index (κ2) is 8.76. The molecule has 8 heteroatoms. The number of hydrogen-bond acceptors (Lipinski definition) is 6. The number of likely N-dealkylation sites (tertiary alicyclic amines) is 1. The van der Waals surface area contributed by atoms with Crippen molar-refractivity contribution in [3.05, 3.63) is 60.2 Å². The van der Waals surface area contributed by atoms with Crippen molar-refractivity contribution in [3.8, 4) is 0 Å².